The van der Waals surface area contributed by atoms with Gasteiger partial charge in [0.1, 0.15) is 13.2 Å². The van der Waals surface area contributed by atoms with Crippen LogP contribution in [0.4, 0.5) is 0 Å². The van der Waals surface area contributed by atoms with Crippen molar-refractivity contribution in [2.24, 2.45) is 5.92 Å². The van der Waals surface area contributed by atoms with Crippen molar-refractivity contribution in [2.45, 2.75) is 91.3 Å². The van der Waals surface area contributed by atoms with E-state index in [9.17, 15) is 0 Å². The van der Waals surface area contributed by atoms with E-state index < -0.39 is 6.29 Å². The summed E-state index contributed by atoms with van der Waals surface area (Å²) in [5.74, 6) is 0.846. The number of likely N-dealkylation sites (N-methyl/N-ethyl adjacent to an activating group) is 1. The molecular formula is C19H42NO3+. The summed E-state index contributed by atoms with van der Waals surface area (Å²) in [5.41, 5.74) is 0. The van der Waals surface area contributed by atoms with Crippen LogP contribution < -0.4 is 0 Å². The third-order valence-corrected chi connectivity index (χ3v) is 4.32. The molecule has 1 atom stereocenters. The van der Waals surface area contributed by atoms with Crippen LogP contribution in [0.5, 0.6) is 0 Å². The molecule has 0 aromatic rings. The number of quaternary nitrogens is 1. The van der Waals surface area contributed by atoms with Crippen LogP contribution in [-0.2, 0) is 4.84 Å². The molecule has 0 aliphatic carbocycles. The van der Waals surface area contributed by atoms with Gasteiger partial charge in [0.2, 0.25) is 6.29 Å². The van der Waals surface area contributed by atoms with Crippen molar-refractivity contribution in [1.82, 2.24) is 0 Å². The van der Waals surface area contributed by atoms with Gasteiger partial charge in [-0.3, -0.25) is 0 Å². The average molecular weight is 333 g/mol. The summed E-state index contributed by atoms with van der Waals surface area (Å²) < 4.78 is 0.296. The van der Waals surface area contributed by atoms with Crippen LogP contribution in [0.3, 0.4) is 0 Å². The van der Waals surface area contributed by atoms with Crippen molar-refractivity contribution in [1.29, 1.82) is 0 Å². The highest BCUT2D eigenvalue weighted by molar-refractivity contribution is 4.49. The van der Waals surface area contributed by atoms with E-state index in [1.807, 2.05) is 7.05 Å². The van der Waals surface area contributed by atoms with E-state index in [2.05, 4.69) is 20.8 Å². The molecular weight excluding hydrogens is 290 g/mol. The summed E-state index contributed by atoms with van der Waals surface area (Å²) >= 11 is 0. The summed E-state index contributed by atoms with van der Waals surface area (Å²) in [5, 5.41) is 18.3. The van der Waals surface area contributed by atoms with Gasteiger partial charge >= 0.3 is 0 Å². The summed E-state index contributed by atoms with van der Waals surface area (Å²) in [4.78, 5) is 5.88. The van der Waals surface area contributed by atoms with Gasteiger partial charge < -0.3 is 10.2 Å². The summed E-state index contributed by atoms with van der Waals surface area (Å²) in [7, 11) is 1.93. The zero-order chi connectivity index (χ0) is 17.6. The van der Waals surface area contributed by atoms with Crippen molar-refractivity contribution in [2.75, 3.05) is 26.7 Å². The van der Waals surface area contributed by atoms with Gasteiger partial charge in [0.15, 0.2) is 6.54 Å². The molecule has 0 radical (unpaired) electrons. The molecule has 4 nitrogen and oxygen atoms in total. The molecule has 0 amide bonds. The highest BCUT2D eigenvalue weighted by atomic mass is 16.7. The first kappa shape index (κ1) is 22.8. The lowest BCUT2D eigenvalue weighted by Gasteiger charge is -2.31. The molecule has 0 heterocycles. The molecule has 0 aliphatic rings. The molecule has 0 rings (SSSR count). The molecule has 23 heavy (non-hydrogen) atoms. The molecule has 0 saturated heterocycles. The molecule has 1 unspecified atom stereocenters. The third kappa shape index (κ3) is 15.1. The Hall–Kier alpha value is -0.160. The van der Waals surface area contributed by atoms with Crippen LogP contribution in [0.25, 0.3) is 0 Å². The lowest BCUT2D eigenvalue weighted by atomic mass is 10.0. The number of hydroxylamine groups is 3. The molecule has 4 heteroatoms. The standard InChI is InChI=1S/C19H42NO3/c1-5-15-20(4,17-19(21)22)23-16-13-11-9-7-6-8-10-12-14-18(2)3/h18-19,21-22H,5-17H2,1-4H3/q+1. The van der Waals surface area contributed by atoms with Crippen LogP contribution in [0.1, 0.15) is 85.0 Å². The molecule has 2 N–H and O–H groups in total. The fourth-order valence-electron chi connectivity index (χ4n) is 3.03. The average Bonchev–Trinajstić information content (AvgIpc) is 2.43. The number of aliphatic hydroxyl groups is 2. The van der Waals surface area contributed by atoms with Crippen molar-refractivity contribution in [3.8, 4) is 0 Å². The van der Waals surface area contributed by atoms with Gasteiger partial charge in [-0.05, 0) is 18.8 Å². The van der Waals surface area contributed by atoms with Gasteiger partial charge in [0, 0.05) is 0 Å². The SMILES string of the molecule is CCC[N+](C)(CC(O)O)OCCCCCCCCCCC(C)C. The predicted molar refractivity (Wildman–Crippen MR) is 96.8 cm³/mol. The Bertz CT molecular complexity index is 259. The van der Waals surface area contributed by atoms with Crippen LogP contribution in [0, 0.1) is 5.92 Å². The van der Waals surface area contributed by atoms with E-state index in [-0.39, 0.29) is 6.54 Å². The fourth-order valence-corrected chi connectivity index (χ4v) is 3.03. The second-order valence-electron chi connectivity index (χ2n) is 7.53. The van der Waals surface area contributed by atoms with Gasteiger partial charge in [-0.25, -0.2) is 4.84 Å². The van der Waals surface area contributed by atoms with Crippen LogP contribution in [0.2, 0.25) is 0 Å². The second kappa shape index (κ2) is 14.2. The quantitative estimate of drug-likeness (QED) is 0.192. The van der Waals surface area contributed by atoms with Crippen molar-refractivity contribution in [3.63, 3.8) is 0 Å². The first-order valence-electron chi connectivity index (χ1n) is 9.75. The fraction of sp³-hybridized carbons (Fsp3) is 1.00. The molecule has 0 fully saturated rings. The number of aliphatic hydroxyl groups excluding tert-OH is 1. The first-order chi connectivity index (χ1) is 10.9. The molecule has 140 valence electrons. The van der Waals surface area contributed by atoms with E-state index in [0.29, 0.717) is 11.3 Å². The van der Waals surface area contributed by atoms with Crippen LogP contribution in [-0.4, -0.2) is 47.9 Å². The topological polar surface area (TPSA) is 49.7 Å². The van der Waals surface area contributed by atoms with Gasteiger partial charge in [-0.15, -0.1) is 0 Å². The van der Waals surface area contributed by atoms with Crippen molar-refractivity contribution in [3.05, 3.63) is 0 Å². The van der Waals surface area contributed by atoms with E-state index >= 15 is 0 Å². The Balaban J connectivity index is 3.49. The zero-order valence-electron chi connectivity index (χ0n) is 16.1. The Labute approximate surface area is 144 Å². The Morgan fingerprint density at radius 1 is 0.870 bits per heavy atom. The Morgan fingerprint density at radius 3 is 1.87 bits per heavy atom. The molecule has 0 aliphatic heterocycles. The zero-order valence-corrected chi connectivity index (χ0v) is 16.1. The Kier molecular flexibility index (Phi) is 14.1. The van der Waals surface area contributed by atoms with Gasteiger partial charge in [0.25, 0.3) is 0 Å². The van der Waals surface area contributed by atoms with E-state index in [1.54, 1.807) is 0 Å². The second-order valence-corrected chi connectivity index (χ2v) is 7.53. The van der Waals surface area contributed by atoms with Gasteiger partial charge in [-0.1, -0.05) is 72.1 Å². The monoisotopic (exact) mass is 332 g/mol. The van der Waals surface area contributed by atoms with Crippen LogP contribution >= 0.6 is 0 Å². The van der Waals surface area contributed by atoms with Crippen molar-refractivity contribution >= 4 is 0 Å². The number of hydrogen-bond acceptors (Lipinski definition) is 3. The number of nitrogens with zero attached hydrogens (tertiary/aromatic N) is 1. The van der Waals surface area contributed by atoms with E-state index in [0.717, 1.165) is 25.3 Å². The molecule has 0 aromatic carbocycles. The summed E-state index contributed by atoms with van der Waals surface area (Å²) in [6.07, 6.45) is 11.4. The highest BCUT2D eigenvalue weighted by Gasteiger charge is 2.25. The number of rotatable bonds is 16. The number of hydrogen-bond donors (Lipinski definition) is 2. The molecule has 0 aromatic heterocycles. The van der Waals surface area contributed by atoms with E-state index in [4.69, 9.17) is 15.1 Å². The lowest BCUT2D eigenvalue weighted by molar-refractivity contribution is -1.09. The van der Waals surface area contributed by atoms with Crippen molar-refractivity contribution < 1.29 is 19.7 Å². The number of unbranched alkanes of at least 4 members (excludes halogenated alkanes) is 7. The lowest BCUT2D eigenvalue weighted by Crippen LogP contribution is -2.49. The molecule has 0 saturated carbocycles. The molecule has 0 bridgehead atoms. The third-order valence-electron chi connectivity index (χ3n) is 4.32. The smallest absolute Gasteiger partial charge is 0.205 e. The van der Waals surface area contributed by atoms with E-state index in [1.165, 1.54) is 51.4 Å². The minimum absolute atomic E-state index is 0.240. The summed E-state index contributed by atoms with van der Waals surface area (Å²) in [6.45, 7) is 8.45. The minimum atomic E-state index is -1.30. The first-order valence-corrected chi connectivity index (χ1v) is 9.75. The minimum Gasteiger partial charge on any atom is -0.364 e. The summed E-state index contributed by atoms with van der Waals surface area (Å²) in [6, 6.07) is 0. The maximum Gasteiger partial charge on any atom is 0.205 e. The molecule has 0 spiro atoms. The van der Waals surface area contributed by atoms with Gasteiger partial charge in [-0.2, -0.15) is 4.65 Å². The highest BCUT2D eigenvalue weighted by Crippen LogP contribution is 2.13. The van der Waals surface area contributed by atoms with Crippen LogP contribution in [0.15, 0.2) is 0 Å². The normalized spacial score (nSPS) is 14.6. The maximum absolute atomic E-state index is 9.17. The van der Waals surface area contributed by atoms with Gasteiger partial charge in [0.05, 0.1) is 7.05 Å². The Morgan fingerprint density at radius 2 is 1.39 bits per heavy atom. The predicted octanol–water partition coefficient (Wildman–Crippen LogP) is 4.25. The maximum atomic E-state index is 9.17. The largest absolute Gasteiger partial charge is 0.364 e.